The number of hydrogen-bond donors (Lipinski definition) is 1. The molecule has 1 amide bonds. The van der Waals surface area contributed by atoms with Crippen LogP contribution in [0.3, 0.4) is 0 Å². The molecule has 0 saturated heterocycles. The number of pyridine rings is 1. The second-order valence-corrected chi connectivity index (χ2v) is 8.19. The van der Waals surface area contributed by atoms with Gasteiger partial charge in [-0.2, -0.15) is 10.1 Å². The molecule has 3 heterocycles. The smallest absolute Gasteiger partial charge is 0.270 e. The first-order valence-corrected chi connectivity index (χ1v) is 9.48. The molecule has 4 rings (SSSR count). The standard InChI is InChI=1S/C20H24N6O2/c1-12(23-18(27)16-8-10-22-26(16)20(2,3)4)19-24-17(25-28-19)14-7-9-21-15(11-14)13-5-6-13/h7-13H,5-6H2,1-4H3,(H,23,27)/t12-/m0/s1. The molecule has 0 aromatic carbocycles. The van der Waals surface area contributed by atoms with Crippen LogP contribution >= 0.6 is 0 Å². The van der Waals surface area contributed by atoms with Gasteiger partial charge in [0, 0.05) is 29.6 Å². The van der Waals surface area contributed by atoms with Gasteiger partial charge >= 0.3 is 0 Å². The number of hydrogen-bond acceptors (Lipinski definition) is 6. The quantitative estimate of drug-likeness (QED) is 0.728. The molecule has 0 radical (unpaired) electrons. The van der Waals surface area contributed by atoms with Gasteiger partial charge in [-0.1, -0.05) is 5.16 Å². The highest BCUT2D eigenvalue weighted by Crippen LogP contribution is 2.39. The highest BCUT2D eigenvalue weighted by Gasteiger charge is 2.26. The summed E-state index contributed by atoms with van der Waals surface area (Å²) in [5.74, 6) is 1.17. The van der Waals surface area contributed by atoms with E-state index in [1.54, 1.807) is 23.1 Å². The Kier molecular flexibility index (Phi) is 4.49. The van der Waals surface area contributed by atoms with E-state index in [1.807, 2.05) is 39.8 Å². The fourth-order valence-corrected chi connectivity index (χ4v) is 3.06. The maximum atomic E-state index is 12.7. The lowest BCUT2D eigenvalue weighted by molar-refractivity contribution is 0.0914. The molecule has 1 fully saturated rings. The zero-order chi connectivity index (χ0) is 19.9. The molecule has 1 saturated carbocycles. The van der Waals surface area contributed by atoms with Crippen molar-refractivity contribution < 1.29 is 9.32 Å². The number of amides is 1. The van der Waals surface area contributed by atoms with Crippen molar-refractivity contribution in [2.45, 2.75) is 58.0 Å². The lowest BCUT2D eigenvalue weighted by Gasteiger charge is -2.22. The Morgan fingerprint density at radius 2 is 2.07 bits per heavy atom. The average Bonchev–Trinajstić information content (AvgIpc) is 3.18. The lowest BCUT2D eigenvalue weighted by atomic mass is 10.1. The third-order valence-corrected chi connectivity index (χ3v) is 4.71. The van der Waals surface area contributed by atoms with Gasteiger partial charge in [-0.15, -0.1) is 0 Å². The monoisotopic (exact) mass is 380 g/mol. The van der Waals surface area contributed by atoms with E-state index >= 15 is 0 Å². The molecule has 8 heteroatoms. The lowest BCUT2D eigenvalue weighted by Crippen LogP contribution is -2.33. The van der Waals surface area contributed by atoms with E-state index in [2.05, 4.69) is 25.5 Å². The number of carbonyl (C=O) groups excluding carboxylic acids is 1. The van der Waals surface area contributed by atoms with Crippen LogP contribution in [0.1, 0.15) is 74.6 Å². The zero-order valence-corrected chi connectivity index (χ0v) is 16.5. The highest BCUT2D eigenvalue weighted by molar-refractivity contribution is 5.92. The summed E-state index contributed by atoms with van der Waals surface area (Å²) < 4.78 is 7.09. The van der Waals surface area contributed by atoms with Crippen LogP contribution in [0.15, 0.2) is 35.1 Å². The van der Waals surface area contributed by atoms with Crippen LogP contribution in [0.25, 0.3) is 11.4 Å². The summed E-state index contributed by atoms with van der Waals surface area (Å²) in [6.07, 6.45) is 5.76. The van der Waals surface area contributed by atoms with Gasteiger partial charge in [0.25, 0.3) is 5.91 Å². The summed E-state index contributed by atoms with van der Waals surface area (Å²) in [4.78, 5) is 21.6. The van der Waals surface area contributed by atoms with E-state index < -0.39 is 6.04 Å². The molecule has 0 spiro atoms. The zero-order valence-electron chi connectivity index (χ0n) is 16.5. The van der Waals surface area contributed by atoms with Crippen LogP contribution in [0.2, 0.25) is 0 Å². The largest absolute Gasteiger partial charge is 0.339 e. The maximum Gasteiger partial charge on any atom is 0.270 e. The van der Waals surface area contributed by atoms with Crippen LogP contribution in [-0.4, -0.2) is 30.8 Å². The van der Waals surface area contributed by atoms with E-state index in [4.69, 9.17) is 4.52 Å². The van der Waals surface area contributed by atoms with Crippen LogP contribution < -0.4 is 5.32 Å². The summed E-state index contributed by atoms with van der Waals surface area (Å²) in [6, 6.07) is 5.15. The topological polar surface area (TPSA) is 98.7 Å². The van der Waals surface area contributed by atoms with E-state index in [0.717, 1.165) is 11.3 Å². The van der Waals surface area contributed by atoms with Gasteiger partial charge in [0.15, 0.2) is 0 Å². The molecular weight excluding hydrogens is 356 g/mol. The Balaban J connectivity index is 1.49. The summed E-state index contributed by atoms with van der Waals surface area (Å²) in [6.45, 7) is 7.80. The summed E-state index contributed by atoms with van der Waals surface area (Å²) in [7, 11) is 0. The van der Waals surface area contributed by atoms with Crippen molar-refractivity contribution in [3.63, 3.8) is 0 Å². The molecule has 8 nitrogen and oxygen atoms in total. The summed E-state index contributed by atoms with van der Waals surface area (Å²) >= 11 is 0. The van der Waals surface area contributed by atoms with Gasteiger partial charge in [-0.3, -0.25) is 14.5 Å². The fourth-order valence-electron chi connectivity index (χ4n) is 3.06. The van der Waals surface area contributed by atoms with Crippen molar-refractivity contribution in [1.82, 2.24) is 30.2 Å². The Bertz CT molecular complexity index is 996. The normalized spacial score (nSPS) is 15.4. The first-order chi connectivity index (χ1) is 13.3. The molecular formula is C20H24N6O2. The number of rotatable bonds is 5. The van der Waals surface area contributed by atoms with Crippen molar-refractivity contribution in [3.05, 3.63) is 47.9 Å². The van der Waals surface area contributed by atoms with E-state index in [9.17, 15) is 4.79 Å². The van der Waals surface area contributed by atoms with Crippen LogP contribution in [-0.2, 0) is 5.54 Å². The van der Waals surface area contributed by atoms with E-state index in [0.29, 0.717) is 23.3 Å². The predicted molar refractivity (Wildman–Crippen MR) is 103 cm³/mol. The third kappa shape index (κ3) is 3.67. The van der Waals surface area contributed by atoms with Crippen molar-refractivity contribution in [2.24, 2.45) is 0 Å². The minimum Gasteiger partial charge on any atom is -0.339 e. The Hall–Kier alpha value is -3.03. The van der Waals surface area contributed by atoms with Gasteiger partial charge in [0.1, 0.15) is 11.7 Å². The minimum absolute atomic E-state index is 0.236. The molecule has 1 aliphatic carbocycles. The molecule has 1 atom stereocenters. The Labute approximate surface area is 163 Å². The molecule has 1 N–H and O–H groups in total. The molecule has 0 unspecified atom stereocenters. The summed E-state index contributed by atoms with van der Waals surface area (Å²) in [5, 5.41) is 11.2. The van der Waals surface area contributed by atoms with Crippen molar-refractivity contribution >= 4 is 5.91 Å². The van der Waals surface area contributed by atoms with Gasteiger partial charge in [-0.25, -0.2) is 0 Å². The van der Waals surface area contributed by atoms with Gasteiger partial charge in [0.2, 0.25) is 11.7 Å². The summed E-state index contributed by atoms with van der Waals surface area (Å²) in [5.41, 5.74) is 2.14. The van der Waals surface area contributed by atoms with Crippen LogP contribution in [0.5, 0.6) is 0 Å². The van der Waals surface area contributed by atoms with Crippen LogP contribution in [0, 0.1) is 0 Å². The second-order valence-electron chi connectivity index (χ2n) is 8.19. The molecule has 3 aromatic heterocycles. The second kappa shape index (κ2) is 6.85. The predicted octanol–water partition coefficient (Wildman–Crippen LogP) is 3.45. The van der Waals surface area contributed by atoms with E-state index in [-0.39, 0.29) is 11.4 Å². The van der Waals surface area contributed by atoms with Gasteiger partial charge in [-0.05, 0) is 58.7 Å². The highest BCUT2D eigenvalue weighted by atomic mass is 16.5. The van der Waals surface area contributed by atoms with E-state index in [1.165, 1.54) is 12.8 Å². The molecule has 3 aromatic rings. The van der Waals surface area contributed by atoms with Crippen molar-refractivity contribution in [1.29, 1.82) is 0 Å². The molecule has 0 aliphatic heterocycles. The van der Waals surface area contributed by atoms with Gasteiger partial charge < -0.3 is 9.84 Å². The minimum atomic E-state index is -0.429. The Morgan fingerprint density at radius 1 is 1.29 bits per heavy atom. The molecule has 28 heavy (non-hydrogen) atoms. The number of nitrogens with one attached hydrogen (secondary N) is 1. The average molecular weight is 380 g/mol. The first-order valence-electron chi connectivity index (χ1n) is 9.48. The van der Waals surface area contributed by atoms with Crippen LogP contribution in [0.4, 0.5) is 0 Å². The Morgan fingerprint density at radius 3 is 2.79 bits per heavy atom. The molecule has 0 bridgehead atoms. The maximum absolute atomic E-state index is 12.7. The third-order valence-electron chi connectivity index (χ3n) is 4.71. The first kappa shape index (κ1) is 18.3. The fraction of sp³-hybridized carbons (Fsp3) is 0.450. The molecule has 146 valence electrons. The molecule has 1 aliphatic rings. The number of nitrogens with zero attached hydrogens (tertiary/aromatic N) is 5. The SMILES string of the molecule is C[C@H](NC(=O)c1ccnn1C(C)(C)C)c1nc(-c2ccnc(C3CC3)c2)no1. The van der Waals surface area contributed by atoms with Crippen molar-refractivity contribution in [2.75, 3.05) is 0 Å². The number of carbonyl (C=O) groups is 1. The van der Waals surface area contributed by atoms with Gasteiger partial charge in [0.05, 0.1) is 5.54 Å². The number of aromatic nitrogens is 5. The van der Waals surface area contributed by atoms with Crippen molar-refractivity contribution in [3.8, 4) is 11.4 Å².